The largest absolute Gasteiger partial charge is 0.481 e. The molecular weight excluding hydrogens is 220 g/mol. The van der Waals surface area contributed by atoms with E-state index in [1.165, 1.54) is 0 Å². The first kappa shape index (κ1) is 15.9. The normalized spacial score (nSPS) is 13.5. The molecule has 0 rings (SSSR count). The maximum atomic E-state index is 11.5. The number of carbonyl (C=O) groups excluding carboxylic acids is 1. The van der Waals surface area contributed by atoms with E-state index in [2.05, 4.69) is 0 Å². The zero-order valence-corrected chi connectivity index (χ0v) is 11.4. The van der Waals surface area contributed by atoms with E-state index in [1.807, 2.05) is 13.8 Å². The van der Waals surface area contributed by atoms with E-state index >= 15 is 0 Å². The summed E-state index contributed by atoms with van der Waals surface area (Å²) in [5, 5.41) is 9.03. The molecule has 100 valence electrons. The van der Waals surface area contributed by atoms with Crippen LogP contribution in [0.15, 0.2) is 0 Å². The standard InChI is InChI=1S/C13H24O4/c1-9(2)6-7-10(12(15)16)8-11(14)17-13(3,4)5/h9-10H,6-8H2,1-5H3,(H,15,16)/t10-/m0/s1. The van der Waals surface area contributed by atoms with Crippen molar-refractivity contribution < 1.29 is 19.4 Å². The third kappa shape index (κ3) is 8.72. The van der Waals surface area contributed by atoms with Crippen molar-refractivity contribution >= 4 is 11.9 Å². The van der Waals surface area contributed by atoms with Gasteiger partial charge >= 0.3 is 11.9 Å². The molecule has 0 fully saturated rings. The molecule has 0 heterocycles. The van der Waals surface area contributed by atoms with Gasteiger partial charge in [0.05, 0.1) is 12.3 Å². The van der Waals surface area contributed by atoms with E-state index in [0.717, 1.165) is 6.42 Å². The van der Waals surface area contributed by atoms with Gasteiger partial charge in [-0.05, 0) is 33.1 Å². The van der Waals surface area contributed by atoms with Gasteiger partial charge in [-0.3, -0.25) is 9.59 Å². The van der Waals surface area contributed by atoms with Gasteiger partial charge in [0.1, 0.15) is 5.60 Å². The quantitative estimate of drug-likeness (QED) is 0.730. The molecule has 1 atom stereocenters. The van der Waals surface area contributed by atoms with Crippen molar-refractivity contribution in [2.45, 2.75) is 59.5 Å². The summed E-state index contributed by atoms with van der Waals surface area (Å²) in [4.78, 5) is 22.5. The Morgan fingerprint density at radius 1 is 1.18 bits per heavy atom. The lowest BCUT2D eigenvalue weighted by atomic mass is 9.95. The van der Waals surface area contributed by atoms with Crippen LogP contribution in [-0.4, -0.2) is 22.6 Å². The summed E-state index contributed by atoms with van der Waals surface area (Å²) in [6.07, 6.45) is 1.28. The fourth-order valence-electron chi connectivity index (χ4n) is 1.43. The first-order valence-electron chi connectivity index (χ1n) is 6.06. The topological polar surface area (TPSA) is 63.6 Å². The van der Waals surface area contributed by atoms with Crippen LogP contribution in [0.25, 0.3) is 0 Å². The lowest BCUT2D eigenvalue weighted by molar-refractivity contribution is -0.160. The second-order valence-electron chi connectivity index (χ2n) is 5.80. The van der Waals surface area contributed by atoms with Crippen LogP contribution in [0.5, 0.6) is 0 Å². The third-order valence-corrected chi connectivity index (χ3v) is 2.27. The summed E-state index contributed by atoms with van der Waals surface area (Å²) >= 11 is 0. The molecule has 0 radical (unpaired) electrons. The van der Waals surface area contributed by atoms with Gasteiger partial charge in [0, 0.05) is 0 Å². The predicted molar refractivity (Wildman–Crippen MR) is 65.7 cm³/mol. The Morgan fingerprint density at radius 3 is 2.06 bits per heavy atom. The van der Waals surface area contributed by atoms with Crippen molar-refractivity contribution in [1.82, 2.24) is 0 Å². The number of carboxylic acid groups (broad SMARTS) is 1. The Morgan fingerprint density at radius 2 is 1.71 bits per heavy atom. The Hall–Kier alpha value is -1.06. The van der Waals surface area contributed by atoms with Crippen molar-refractivity contribution in [3.8, 4) is 0 Å². The first-order valence-corrected chi connectivity index (χ1v) is 6.06. The molecule has 0 aromatic carbocycles. The number of hydrogen-bond donors (Lipinski definition) is 1. The number of ether oxygens (including phenoxy) is 1. The summed E-state index contributed by atoms with van der Waals surface area (Å²) < 4.78 is 5.12. The Bertz CT molecular complexity index is 263. The molecule has 0 saturated heterocycles. The Kier molecular flexibility index (Phi) is 6.21. The third-order valence-electron chi connectivity index (χ3n) is 2.27. The van der Waals surface area contributed by atoms with Gasteiger partial charge in [0.25, 0.3) is 0 Å². The zero-order valence-electron chi connectivity index (χ0n) is 11.4. The summed E-state index contributed by atoms with van der Waals surface area (Å²) in [6.45, 7) is 9.39. The molecule has 1 N–H and O–H groups in total. The number of hydrogen-bond acceptors (Lipinski definition) is 3. The maximum absolute atomic E-state index is 11.5. The second-order valence-corrected chi connectivity index (χ2v) is 5.80. The van der Waals surface area contributed by atoms with E-state index in [0.29, 0.717) is 12.3 Å². The van der Waals surface area contributed by atoms with Gasteiger partial charge in [-0.15, -0.1) is 0 Å². The number of aliphatic carboxylic acids is 1. The number of carboxylic acids is 1. The lowest BCUT2D eigenvalue weighted by Gasteiger charge is -2.21. The molecule has 0 amide bonds. The number of rotatable bonds is 6. The van der Waals surface area contributed by atoms with Crippen molar-refractivity contribution in [3.63, 3.8) is 0 Å². The Balaban J connectivity index is 4.26. The molecule has 0 bridgehead atoms. The van der Waals surface area contributed by atoms with Crippen LogP contribution in [-0.2, 0) is 14.3 Å². The molecule has 0 aliphatic carbocycles. The van der Waals surface area contributed by atoms with Crippen LogP contribution in [0.2, 0.25) is 0 Å². The molecule has 0 spiro atoms. The van der Waals surface area contributed by atoms with Crippen molar-refractivity contribution in [3.05, 3.63) is 0 Å². The van der Waals surface area contributed by atoms with Crippen molar-refractivity contribution in [2.75, 3.05) is 0 Å². The molecule has 17 heavy (non-hydrogen) atoms. The highest BCUT2D eigenvalue weighted by Gasteiger charge is 2.24. The van der Waals surface area contributed by atoms with Gasteiger partial charge in [-0.2, -0.15) is 0 Å². The van der Waals surface area contributed by atoms with Crippen LogP contribution < -0.4 is 0 Å². The monoisotopic (exact) mass is 244 g/mol. The minimum Gasteiger partial charge on any atom is -0.481 e. The average molecular weight is 244 g/mol. The molecule has 0 aromatic heterocycles. The lowest BCUT2D eigenvalue weighted by Crippen LogP contribution is -2.27. The fraction of sp³-hybridized carbons (Fsp3) is 0.846. The minimum atomic E-state index is -0.920. The molecule has 0 saturated carbocycles. The molecule has 0 unspecified atom stereocenters. The average Bonchev–Trinajstić information content (AvgIpc) is 2.08. The summed E-state index contributed by atoms with van der Waals surface area (Å²) in [5.41, 5.74) is -0.557. The summed E-state index contributed by atoms with van der Waals surface area (Å²) in [6, 6.07) is 0. The van der Waals surface area contributed by atoms with E-state index in [4.69, 9.17) is 9.84 Å². The highest BCUT2D eigenvalue weighted by atomic mass is 16.6. The Labute approximate surface area is 103 Å². The highest BCUT2D eigenvalue weighted by molar-refractivity contribution is 5.78. The van der Waals surface area contributed by atoms with Crippen LogP contribution >= 0.6 is 0 Å². The summed E-state index contributed by atoms with van der Waals surface area (Å²) in [7, 11) is 0. The molecule has 4 nitrogen and oxygen atoms in total. The number of carbonyl (C=O) groups is 2. The van der Waals surface area contributed by atoms with Gasteiger partial charge in [-0.25, -0.2) is 0 Å². The molecule has 4 heteroatoms. The summed E-state index contributed by atoms with van der Waals surface area (Å²) in [5.74, 6) is -1.55. The second kappa shape index (κ2) is 6.62. The molecule has 0 aromatic rings. The van der Waals surface area contributed by atoms with Gasteiger partial charge in [-0.1, -0.05) is 20.3 Å². The van der Waals surface area contributed by atoms with Crippen LogP contribution in [0.1, 0.15) is 53.9 Å². The molecule has 0 aliphatic heterocycles. The van der Waals surface area contributed by atoms with Gasteiger partial charge in [0.15, 0.2) is 0 Å². The van der Waals surface area contributed by atoms with E-state index < -0.39 is 23.5 Å². The van der Waals surface area contributed by atoms with Crippen LogP contribution in [0.3, 0.4) is 0 Å². The number of esters is 1. The maximum Gasteiger partial charge on any atom is 0.307 e. The van der Waals surface area contributed by atoms with Crippen LogP contribution in [0.4, 0.5) is 0 Å². The van der Waals surface area contributed by atoms with Gasteiger partial charge < -0.3 is 9.84 Å². The highest BCUT2D eigenvalue weighted by Crippen LogP contribution is 2.18. The van der Waals surface area contributed by atoms with Gasteiger partial charge in [0.2, 0.25) is 0 Å². The van der Waals surface area contributed by atoms with Crippen molar-refractivity contribution in [1.29, 1.82) is 0 Å². The molecular formula is C13H24O4. The van der Waals surface area contributed by atoms with Crippen molar-refractivity contribution in [2.24, 2.45) is 11.8 Å². The zero-order chi connectivity index (χ0) is 13.6. The first-order chi connectivity index (χ1) is 7.61. The van der Waals surface area contributed by atoms with E-state index in [-0.39, 0.29) is 6.42 Å². The smallest absolute Gasteiger partial charge is 0.307 e. The van der Waals surface area contributed by atoms with E-state index in [9.17, 15) is 9.59 Å². The molecule has 0 aliphatic rings. The minimum absolute atomic E-state index is 0.0423. The van der Waals surface area contributed by atoms with E-state index in [1.54, 1.807) is 20.8 Å². The van der Waals surface area contributed by atoms with Crippen LogP contribution in [0, 0.1) is 11.8 Å². The fourth-order valence-corrected chi connectivity index (χ4v) is 1.43. The predicted octanol–water partition coefficient (Wildman–Crippen LogP) is 2.86. The SMILES string of the molecule is CC(C)CC[C@@H](CC(=O)OC(C)(C)C)C(=O)O.